The van der Waals surface area contributed by atoms with Crippen molar-refractivity contribution in [1.29, 1.82) is 0 Å². The summed E-state index contributed by atoms with van der Waals surface area (Å²) in [6, 6.07) is -2.27. The molecule has 0 aliphatic heterocycles. The highest BCUT2D eigenvalue weighted by Crippen LogP contribution is 2.01. The molecule has 110 valence electrons. The summed E-state index contributed by atoms with van der Waals surface area (Å²) in [6.45, 7) is 3.49. The maximum atomic E-state index is 11.6. The van der Waals surface area contributed by atoms with Gasteiger partial charge in [0.15, 0.2) is 0 Å². The molecule has 0 aromatic heterocycles. The Morgan fingerprint density at radius 3 is 2.21 bits per heavy atom. The standard InChI is InChI=1S/C12H23N3O4/c1-5-6-7-9(11(17)18)14-12(19)13-8(2)10(16)15(3)4/h8-9H,5-7H2,1-4H3,(H,17,18)(H2,13,14,19). The van der Waals surface area contributed by atoms with Crippen LogP contribution in [0.3, 0.4) is 0 Å². The molecule has 0 aromatic rings. The van der Waals surface area contributed by atoms with Crippen molar-refractivity contribution >= 4 is 17.9 Å². The molecule has 0 saturated carbocycles. The highest BCUT2D eigenvalue weighted by Gasteiger charge is 2.22. The van der Waals surface area contributed by atoms with Crippen LogP contribution in [0.15, 0.2) is 0 Å². The van der Waals surface area contributed by atoms with E-state index >= 15 is 0 Å². The van der Waals surface area contributed by atoms with E-state index < -0.39 is 24.1 Å². The van der Waals surface area contributed by atoms with Gasteiger partial charge >= 0.3 is 12.0 Å². The van der Waals surface area contributed by atoms with Gasteiger partial charge in [-0.25, -0.2) is 9.59 Å². The number of carboxylic acid groups (broad SMARTS) is 1. The molecule has 0 fully saturated rings. The lowest BCUT2D eigenvalue weighted by atomic mass is 10.1. The maximum Gasteiger partial charge on any atom is 0.326 e. The largest absolute Gasteiger partial charge is 0.480 e. The van der Waals surface area contributed by atoms with Crippen LogP contribution in [0.25, 0.3) is 0 Å². The Morgan fingerprint density at radius 1 is 1.21 bits per heavy atom. The first-order chi connectivity index (χ1) is 8.79. The van der Waals surface area contributed by atoms with Crippen molar-refractivity contribution in [2.24, 2.45) is 0 Å². The number of carbonyl (C=O) groups excluding carboxylic acids is 2. The van der Waals surface area contributed by atoms with Crippen molar-refractivity contribution in [2.45, 2.75) is 45.2 Å². The number of nitrogens with zero attached hydrogens (tertiary/aromatic N) is 1. The minimum absolute atomic E-state index is 0.254. The Morgan fingerprint density at radius 2 is 1.79 bits per heavy atom. The third-order valence-electron chi connectivity index (χ3n) is 2.61. The third kappa shape index (κ3) is 6.64. The second kappa shape index (κ2) is 8.34. The lowest BCUT2D eigenvalue weighted by Gasteiger charge is -2.20. The first kappa shape index (κ1) is 17.2. The van der Waals surface area contributed by atoms with Gasteiger partial charge in [0, 0.05) is 14.1 Å². The van der Waals surface area contributed by atoms with Crippen LogP contribution in [0.1, 0.15) is 33.1 Å². The van der Waals surface area contributed by atoms with Gasteiger partial charge in [0.25, 0.3) is 0 Å². The number of amides is 3. The van der Waals surface area contributed by atoms with Gasteiger partial charge in [0.05, 0.1) is 0 Å². The Kier molecular flexibility index (Phi) is 7.55. The molecule has 0 radical (unpaired) electrons. The Labute approximate surface area is 113 Å². The van der Waals surface area contributed by atoms with Crippen molar-refractivity contribution in [3.8, 4) is 0 Å². The predicted octanol–water partition coefficient (Wildman–Crippen LogP) is 0.406. The van der Waals surface area contributed by atoms with Gasteiger partial charge < -0.3 is 20.6 Å². The van der Waals surface area contributed by atoms with E-state index in [1.54, 1.807) is 21.0 Å². The van der Waals surface area contributed by atoms with Crippen LogP contribution in [0.5, 0.6) is 0 Å². The highest BCUT2D eigenvalue weighted by atomic mass is 16.4. The summed E-state index contributed by atoms with van der Waals surface area (Å²) in [6.07, 6.45) is 1.93. The van der Waals surface area contributed by atoms with Crippen LogP contribution in [-0.4, -0.2) is 54.1 Å². The monoisotopic (exact) mass is 273 g/mol. The number of likely N-dealkylation sites (N-methyl/N-ethyl adjacent to an activating group) is 1. The molecule has 2 unspecified atom stereocenters. The Bertz CT molecular complexity index is 331. The van der Waals surface area contributed by atoms with Crippen molar-refractivity contribution in [3.05, 3.63) is 0 Å². The van der Waals surface area contributed by atoms with Crippen LogP contribution in [-0.2, 0) is 9.59 Å². The van der Waals surface area contributed by atoms with Crippen molar-refractivity contribution in [3.63, 3.8) is 0 Å². The average Bonchev–Trinajstić information content (AvgIpc) is 2.32. The topological polar surface area (TPSA) is 98.7 Å². The van der Waals surface area contributed by atoms with Crippen LogP contribution >= 0.6 is 0 Å². The zero-order valence-corrected chi connectivity index (χ0v) is 11.9. The smallest absolute Gasteiger partial charge is 0.326 e. The minimum Gasteiger partial charge on any atom is -0.480 e. The number of aliphatic carboxylic acids is 1. The van der Waals surface area contributed by atoms with E-state index in [1.807, 2.05) is 6.92 Å². The van der Waals surface area contributed by atoms with Crippen LogP contribution in [0, 0.1) is 0 Å². The summed E-state index contributed by atoms with van der Waals surface area (Å²) in [7, 11) is 3.17. The van der Waals surface area contributed by atoms with E-state index in [1.165, 1.54) is 4.90 Å². The molecule has 0 saturated heterocycles. The lowest BCUT2D eigenvalue weighted by Crippen LogP contribution is -2.52. The van der Waals surface area contributed by atoms with E-state index in [4.69, 9.17) is 5.11 Å². The van der Waals surface area contributed by atoms with Gasteiger partial charge in [0.2, 0.25) is 5.91 Å². The van der Waals surface area contributed by atoms with E-state index in [0.29, 0.717) is 12.8 Å². The average molecular weight is 273 g/mol. The van der Waals surface area contributed by atoms with Gasteiger partial charge in [-0.1, -0.05) is 19.8 Å². The number of carbonyl (C=O) groups is 3. The summed E-state index contributed by atoms with van der Waals surface area (Å²) in [5, 5.41) is 13.7. The van der Waals surface area contributed by atoms with E-state index in [9.17, 15) is 14.4 Å². The minimum atomic E-state index is -1.07. The van der Waals surface area contributed by atoms with Crippen molar-refractivity contribution < 1.29 is 19.5 Å². The molecular weight excluding hydrogens is 250 g/mol. The van der Waals surface area contributed by atoms with Gasteiger partial charge in [-0.15, -0.1) is 0 Å². The first-order valence-electron chi connectivity index (χ1n) is 6.30. The molecule has 0 bridgehead atoms. The zero-order chi connectivity index (χ0) is 15.0. The molecule has 7 heteroatoms. The summed E-state index contributed by atoms with van der Waals surface area (Å²) >= 11 is 0. The first-order valence-corrected chi connectivity index (χ1v) is 6.30. The summed E-state index contributed by atoms with van der Waals surface area (Å²) in [5.74, 6) is -1.33. The highest BCUT2D eigenvalue weighted by molar-refractivity contribution is 5.88. The molecule has 19 heavy (non-hydrogen) atoms. The van der Waals surface area contributed by atoms with Gasteiger partial charge in [-0.05, 0) is 13.3 Å². The fraction of sp³-hybridized carbons (Fsp3) is 0.750. The van der Waals surface area contributed by atoms with Gasteiger partial charge in [-0.2, -0.15) is 0 Å². The molecule has 2 atom stereocenters. The van der Waals surface area contributed by atoms with Gasteiger partial charge in [-0.3, -0.25) is 4.79 Å². The van der Waals surface area contributed by atoms with E-state index in [-0.39, 0.29) is 5.91 Å². The number of urea groups is 1. The molecule has 3 N–H and O–H groups in total. The number of rotatable bonds is 7. The molecule has 0 rings (SSSR count). The zero-order valence-electron chi connectivity index (χ0n) is 11.9. The second-order valence-electron chi connectivity index (χ2n) is 4.61. The third-order valence-corrected chi connectivity index (χ3v) is 2.61. The number of carboxylic acids is 1. The normalized spacial score (nSPS) is 13.3. The van der Waals surface area contributed by atoms with Crippen LogP contribution in [0.2, 0.25) is 0 Å². The Balaban J connectivity index is 4.33. The van der Waals surface area contributed by atoms with E-state index in [2.05, 4.69) is 10.6 Å². The van der Waals surface area contributed by atoms with Gasteiger partial charge in [0.1, 0.15) is 12.1 Å². The fourth-order valence-corrected chi connectivity index (χ4v) is 1.51. The number of nitrogens with one attached hydrogen (secondary N) is 2. The molecule has 0 heterocycles. The quantitative estimate of drug-likeness (QED) is 0.625. The van der Waals surface area contributed by atoms with E-state index in [0.717, 1.165) is 6.42 Å². The van der Waals surface area contributed by atoms with Crippen molar-refractivity contribution in [1.82, 2.24) is 15.5 Å². The molecule has 3 amide bonds. The number of unbranched alkanes of at least 4 members (excludes halogenated alkanes) is 1. The molecule has 0 aromatic carbocycles. The molecule has 0 aliphatic rings. The molecule has 0 aliphatic carbocycles. The maximum absolute atomic E-state index is 11.6. The lowest BCUT2D eigenvalue weighted by molar-refractivity contribution is -0.139. The SMILES string of the molecule is CCCCC(NC(=O)NC(C)C(=O)N(C)C)C(=O)O. The molecule has 0 spiro atoms. The van der Waals surface area contributed by atoms with Crippen LogP contribution in [0.4, 0.5) is 4.79 Å². The van der Waals surface area contributed by atoms with Crippen molar-refractivity contribution in [2.75, 3.05) is 14.1 Å². The summed E-state index contributed by atoms with van der Waals surface area (Å²) in [4.78, 5) is 35.4. The predicted molar refractivity (Wildman–Crippen MR) is 70.8 cm³/mol. The summed E-state index contributed by atoms with van der Waals surface area (Å²) < 4.78 is 0. The molecule has 7 nitrogen and oxygen atoms in total. The van der Waals surface area contributed by atoms with Crippen LogP contribution < -0.4 is 10.6 Å². The second-order valence-corrected chi connectivity index (χ2v) is 4.61. The fourth-order valence-electron chi connectivity index (χ4n) is 1.51. The summed E-state index contributed by atoms with van der Waals surface area (Å²) in [5.41, 5.74) is 0. The number of hydrogen-bond donors (Lipinski definition) is 3. The number of hydrogen-bond acceptors (Lipinski definition) is 3. The Hall–Kier alpha value is -1.79. The molecular formula is C12H23N3O4.